The number of pyridine rings is 3. The van der Waals surface area contributed by atoms with Crippen LogP contribution >= 0.6 is 0 Å². The topological polar surface area (TPSA) is 52.8 Å². The number of rotatable bonds is 3. The van der Waals surface area contributed by atoms with Gasteiger partial charge >= 0.3 is 0 Å². The van der Waals surface area contributed by atoms with Gasteiger partial charge in [0, 0.05) is 46.2 Å². The fourth-order valence-electron chi connectivity index (χ4n) is 6.66. The molecule has 46 heavy (non-hydrogen) atoms. The zero-order chi connectivity index (χ0) is 31.8. The first-order valence-corrected chi connectivity index (χ1v) is 15.8. The summed E-state index contributed by atoms with van der Waals surface area (Å²) in [6.45, 7) is 13.4. The Labute approximate surface area is 268 Å². The molecule has 8 aromatic rings. The van der Waals surface area contributed by atoms with Crippen LogP contribution in [0, 0.1) is 0 Å². The molecule has 0 amide bonds. The van der Waals surface area contributed by atoms with Crippen molar-refractivity contribution >= 4 is 54.4 Å². The van der Waals surface area contributed by atoms with Crippen LogP contribution in [0.15, 0.2) is 110 Å². The maximum absolute atomic E-state index is 6.63. The lowest BCUT2D eigenvalue weighted by Crippen LogP contribution is -2.12. The third-order valence-electron chi connectivity index (χ3n) is 9.05. The smallest absolute Gasteiger partial charge is 0.137 e. The fourth-order valence-corrected chi connectivity index (χ4v) is 6.66. The predicted molar refractivity (Wildman–Crippen MR) is 191 cm³/mol. The first-order chi connectivity index (χ1) is 22.1. The molecule has 4 aromatic carbocycles. The molecule has 0 aliphatic rings. The van der Waals surface area contributed by atoms with Gasteiger partial charge in [0.25, 0.3) is 0 Å². The largest absolute Gasteiger partial charge is 0.457 e. The molecule has 0 saturated heterocycles. The van der Waals surface area contributed by atoms with E-state index in [0.717, 1.165) is 66.3 Å². The fraction of sp³-hybridized carbons (Fsp3) is 0.195. The van der Waals surface area contributed by atoms with Crippen LogP contribution in [0.2, 0.25) is 0 Å². The monoisotopic (exact) mass is 600 g/mol. The highest BCUT2D eigenvalue weighted by Crippen LogP contribution is 2.38. The molecular weight excluding hydrogens is 564 g/mol. The van der Waals surface area contributed by atoms with Crippen molar-refractivity contribution in [1.29, 1.82) is 0 Å². The maximum Gasteiger partial charge on any atom is 0.137 e. The van der Waals surface area contributed by atoms with E-state index in [2.05, 4.69) is 131 Å². The van der Waals surface area contributed by atoms with E-state index in [-0.39, 0.29) is 10.8 Å². The summed E-state index contributed by atoms with van der Waals surface area (Å²) in [5, 5.41) is 6.74. The lowest BCUT2D eigenvalue weighted by atomic mass is 9.86. The summed E-state index contributed by atoms with van der Waals surface area (Å²) in [6.07, 6.45) is 5.79. The Bertz CT molecular complexity index is 2480. The number of benzene rings is 4. The van der Waals surface area contributed by atoms with Crippen molar-refractivity contribution in [3.05, 3.63) is 121 Å². The minimum absolute atomic E-state index is 0.0101. The second-order valence-electron chi connectivity index (χ2n) is 14.3. The van der Waals surface area contributed by atoms with Crippen LogP contribution in [0.5, 0.6) is 11.5 Å². The SMILES string of the molecule is CC(C)(C)c1ccnc(-n2c3ccccc3c3ccc(Oc4ccc5ccc6cnc7c(C(C)(C)C)ccnc7c6c5c4)cc32)c1. The predicted octanol–water partition coefficient (Wildman–Crippen LogP) is 10.8. The summed E-state index contributed by atoms with van der Waals surface area (Å²) < 4.78 is 8.88. The summed E-state index contributed by atoms with van der Waals surface area (Å²) in [6, 6.07) is 31.8. The van der Waals surface area contributed by atoms with E-state index in [1.54, 1.807) is 0 Å². The van der Waals surface area contributed by atoms with Crippen LogP contribution in [-0.4, -0.2) is 19.5 Å². The molecule has 5 nitrogen and oxygen atoms in total. The molecule has 226 valence electrons. The number of hydrogen-bond acceptors (Lipinski definition) is 4. The van der Waals surface area contributed by atoms with Crippen molar-refractivity contribution in [1.82, 2.24) is 19.5 Å². The molecule has 4 heterocycles. The lowest BCUT2D eigenvalue weighted by Gasteiger charge is -2.20. The molecule has 0 aliphatic carbocycles. The summed E-state index contributed by atoms with van der Waals surface area (Å²) >= 11 is 0. The summed E-state index contributed by atoms with van der Waals surface area (Å²) in [5.41, 5.74) is 6.43. The number of nitrogens with zero attached hydrogens (tertiary/aromatic N) is 4. The van der Waals surface area contributed by atoms with Gasteiger partial charge in [-0.2, -0.15) is 0 Å². The Morgan fingerprint density at radius 1 is 0.565 bits per heavy atom. The molecule has 4 aromatic heterocycles. The van der Waals surface area contributed by atoms with Crippen molar-refractivity contribution in [2.45, 2.75) is 52.4 Å². The number of aromatic nitrogens is 4. The van der Waals surface area contributed by atoms with Gasteiger partial charge < -0.3 is 4.74 Å². The molecule has 0 atom stereocenters. The van der Waals surface area contributed by atoms with Gasteiger partial charge in [-0.05, 0) is 81.3 Å². The Balaban J connectivity index is 1.28. The lowest BCUT2D eigenvalue weighted by molar-refractivity contribution is 0.484. The van der Waals surface area contributed by atoms with Crippen molar-refractivity contribution in [3.63, 3.8) is 0 Å². The number of para-hydroxylation sites is 1. The Morgan fingerprint density at radius 2 is 1.28 bits per heavy atom. The number of fused-ring (bicyclic) bond motifs is 8. The van der Waals surface area contributed by atoms with Gasteiger partial charge in [-0.3, -0.25) is 14.5 Å². The average Bonchev–Trinajstić information content (AvgIpc) is 3.37. The molecule has 0 unspecified atom stereocenters. The summed E-state index contributed by atoms with van der Waals surface area (Å²) in [7, 11) is 0. The van der Waals surface area contributed by atoms with Crippen LogP contribution in [0.4, 0.5) is 0 Å². The van der Waals surface area contributed by atoms with Crippen LogP contribution in [-0.2, 0) is 10.8 Å². The summed E-state index contributed by atoms with van der Waals surface area (Å²) in [5.74, 6) is 2.44. The Hall–Kier alpha value is -5.29. The molecular formula is C41H36N4O. The van der Waals surface area contributed by atoms with Crippen LogP contribution in [0.3, 0.4) is 0 Å². The normalized spacial score (nSPS) is 12.6. The molecule has 0 radical (unpaired) electrons. The first kappa shape index (κ1) is 28.2. The van der Waals surface area contributed by atoms with E-state index in [4.69, 9.17) is 19.7 Å². The van der Waals surface area contributed by atoms with E-state index in [0.29, 0.717) is 0 Å². The molecule has 0 fully saturated rings. The molecule has 0 spiro atoms. The molecule has 0 saturated carbocycles. The summed E-state index contributed by atoms with van der Waals surface area (Å²) in [4.78, 5) is 14.5. The van der Waals surface area contributed by atoms with Crippen LogP contribution in [0.25, 0.3) is 60.2 Å². The van der Waals surface area contributed by atoms with Gasteiger partial charge in [0.2, 0.25) is 0 Å². The van der Waals surface area contributed by atoms with E-state index in [1.165, 1.54) is 16.5 Å². The van der Waals surface area contributed by atoms with Gasteiger partial charge in [0.1, 0.15) is 17.3 Å². The minimum Gasteiger partial charge on any atom is -0.457 e. The van der Waals surface area contributed by atoms with Crippen LogP contribution < -0.4 is 4.74 Å². The average molecular weight is 601 g/mol. The third kappa shape index (κ3) is 4.57. The zero-order valence-corrected chi connectivity index (χ0v) is 27.1. The van der Waals surface area contributed by atoms with E-state index in [9.17, 15) is 0 Å². The van der Waals surface area contributed by atoms with Crippen molar-refractivity contribution in [2.24, 2.45) is 0 Å². The van der Waals surface area contributed by atoms with Crippen molar-refractivity contribution in [3.8, 4) is 17.3 Å². The third-order valence-corrected chi connectivity index (χ3v) is 9.05. The Morgan fingerprint density at radius 3 is 2.11 bits per heavy atom. The van der Waals surface area contributed by atoms with Crippen molar-refractivity contribution < 1.29 is 4.74 Å². The minimum atomic E-state index is -0.0502. The van der Waals surface area contributed by atoms with Gasteiger partial charge in [0.05, 0.1) is 22.1 Å². The number of hydrogen-bond donors (Lipinski definition) is 0. The molecule has 0 N–H and O–H groups in total. The second-order valence-corrected chi connectivity index (χ2v) is 14.3. The second kappa shape index (κ2) is 10.1. The highest BCUT2D eigenvalue weighted by Gasteiger charge is 2.21. The molecule has 5 heteroatoms. The van der Waals surface area contributed by atoms with E-state index in [1.807, 2.05) is 24.7 Å². The Kier molecular flexibility index (Phi) is 6.20. The van der Waals surface area contributed by atoms with Gasteiger partial charge in [-0.15, -0.1) is 0 Å². The van der Waals surface area contributed by atoms with Gasteiger partial charge in [-0.1, -0.05) is 77.9 Å². The first-order valence-electron chi connectivity index (χ1n) is 15.8. The van der Waals surface area contributed by atoms with Crippen LogP contribution in [0.1, 0.15) is 52.7 Å². The van der Waals surface area contributed by atoms with Gasteiger partial charge in [-0.25, -0.2) is 4.98 Å². The molecule has 0 aliphatic heterocycles. The quantitative estimate of drug-likeness (QED) is 0.189. The van der Waals surface area contributed by atoms with Crippen molar-refractivity contribution in [2.75, 3.05) is 0 Å². The maximum atomic E-state index is 6.63. The molecule has 0 bridgehead atoms. The van der Waals surface area contributed by atoms with E-state index < -0.39 is 0 Å². The molecule has 8 rings (SSSR count). The highest BCUT2D eigenvalue weighted by atomic mass is 16.5. The highest BCUT2D eigenvalue weighted by molar-refractivity contribution is 6.18. The van der Waals surface area contributed by atoms with E-state index >= 15 is 0 Å². The van der Waals surface area contributed by atoms with Gasteiger partial charge in [0.15, 0.2) is 0 Å². The standard InChI is InChI=1S/C41H36N4O/c1-40(2,3)27-17-19-42-36(21-27)45-34-10-8-7-9-30(34)31-16-15-29(23-35(31)45)46-28-14-13-25-11-12-26-24-44-38-33(41(4,5)6)18-20-43-39(38)37(26)32(25)22-28/h7-24H,1-6H3. The number of ether oxygens (including phenoxy) is 1. The zero-order valence-electron chi connectivity index (χ0n) is 27.1.